The van der Waals surface area contributed by atoms with Crippen molar-refractivity contribution in [3.05, 3.63) is 64.2 Å². The molecule has 0 aliphatic rings. The number of rotatable bonds is 5. The largest absolute Gasteiger partial charge is 0.416 e. The normalized spacial score (nSPS) is 11.8. The molecule has 0 amide bonds. The predicted octanol–water partition coefficient (Wildman–Crippen LogP) is 4.88. The summed E-state index contributed by atoms with van der Waals surface area (Å²) in [4.78, 5) is 10.5. The molecule has 0 aliphatic heterocycles. The number of benzene rings is 2. The third-order valence-corrected chi connectivity index (χ3v) is 4.12. The van der Waals surface area contributed by atoms with E-state index in [1.165, 1.54) is 24.3 Å². The van der Waals surface area contributed by atoms with Gasteiger partial charge in [0.25, 0.3) is 5.69 Å². The van der Waals surface area contributed by atoms with E-state index in [4.69, 9.17) is 4.74 Å². The highest BCUT2D eigenvalue weighted by Gasteiger charge is 2.30. The molecule has 26 heavy (non-hydrogen) atoms. The van der Waals surface area contributed by atoms with Crippen molar-refractivity contribution in [2.24, 2.45) is 0 Å². The fraction of sp³-hybridized carbons (Fsp3) is 0.222. The van der Waals surface area contributed by atoms with E-state index in [-0.39, 0.29) is 5.69 Å². The molecular weight excluding hydrogens is 349 g/mol. The molecule has 0 atom stereocenters. The number of fused-ring (bicyclic) bond motifs is 1. The van der Waals surface area contributed by atoms with E-state index in [2.05, 4.69) is 0 Å². The number of hydrogen-bond donors (Lipinski definition) is 0. The first-order valence-corrected chi connectivity index (χ1v) is 7.75. The lowest BCUT2D eigenvalue weighted by Gasteiger charge is -2.12. The number of halogens is 3. The molecule has 0 saturated carbocycles. The van der Waals surface area contributed by atoms with E-state index in [1.54, 1.807) is 19.2 Å². The fourth-order valence-electron chi connectivity index (χ4n) is 2.86. The van der Waals surface area contributed by atoms with Gasteiger partial charge >= 0.3 is 6.18 Å². The summed E-state index contributed by atoms with van der Waals surface area (Å²) < 4.78 is 45.3. The lowest BCUT2D eigenvalue weighted by atomic mass is 10.1. The Bertz CT molecular complexity index is 947. The molecule has 0 fully saturated rings. The van der Waals surface area contributed by atoms with Crippen molar-refractivity contribution < 1.29 is 22.8 Å². The number of nitrogens with zero attached hydrogens (tertiary/aromatic N) is 2. The van der Waals surface area contributed by atoms with Crippen LogP contribution in [0.1, 0.15) is 5.56 Å². The Morgan fingerprint density at radius 1 is 1.12 bits per heavy atom. The highest BCUT2D eigenvalue weighted by atomic mass is 19.4. The zero-order chi connectivity index (χ0) is 18.9. The Morgan fingerprint density at radius 2 is 1.81 bits per heavy atom. The van der Waals surface area contributed by atoms with Crippen molar-refractivity contribution in [2.75, 3.05) is 13.7 Å². The van der Waals surface area contributed by atoms with E-state index in [0.717, 1.165) is 17.6 Å². The van der Waals surface area contributed by atoms with Gasteiger partial charge < -0.3 is 9.30 Å². The Morgan fingerprint density at radius 3 is 2.38 bits per heavy atom. The molecule has 0 radical (unpaired) electrons. The van der Waals surface area contributed by atoms with Gasteiger partial charge in [0.1, 0.15) is 0 Å². The number of alkyl halides is 3. The van der Waals surface area contributed by atoms with Gasteiger partial charge in [-0.2, -0.15) is 13.2 Å². The minimum Gasteiger partial charge on any atom is -0.383 e. The maximum atomic E-state index is 12.8. The van der Waals surface area contributed by atoms with Crippen molar-refractivity contribution in [2.45, 2.75) is 12.7 Å². The summed E-state index contributed by atoms with van der Waals surface area (Å²) in [5.41, 5.74) is 1.25. The molecule has 3 rings (SSSR count). The van der Waals surface area contributed by atoms with E-state index in [0.29, 0.717) is 29.8 Å². The van der Waals surface area contributed by atoms with Crippen LogP contribution < -0.4 is 0 Å². The van der Waals surface area contributed by atoms with E-state index in [1.807, 2.05) is 4.57 Å². The number of methoxy groups -OCH3 is 1. The maximum absolute atomic E-state index is 12.8. The Labute approximate surface area is 146 Å². The van der Waals surface area contributed by atoms with Crippen molar-refractivity contribution in [1.29, 1.82) is 0 Å². The molecule has 0 aliphatic carbocycles. The van der Waals surface area contributed by atoms with Crippen LogP contribution in [0.15, 0.2) is 48.5 Å². The first kappa shape index (κ1) is 17.9. The van der Waals surface area contributed by atoms with E-state index >= 15 is 0 Å². The summed E-state index contributed by atoms with van der Waals surface area (Å²) in [6, 6.07) is 11.1. The summed E-state index contributed by atoms with van der Waals surface area (Å²) in [6.07, 6.45) is -4.40. The minimum absolute atomic E-state index is 0.0413. The summed E-state index contributed by atoms with van der Waals surface area (Å²) in [7, 11) is 1.55. The van der Waals surface area contributed by atoms with Crippen LogP contribution in [0.2, 0.25) is 0 Å². The smallest absolute Gasteiger partial charge is 0.383 e. The highest BCUT2D eigenvalue weighted by molar-refractivity contribution is 5.88. The molecule has 8 heteroatoms. The highest BCUT2D eigenvalue weighted by Crippen LogP contribution is 2.34. The topological polar surface area (TPSA) is 57.3 Å². The van der Waals surface area contributed by atoms with Crippen LogP contribution in [0.5, 0.6) is 0 Å². The molecule has 1 heterocycles. The maximum Gasteiger partial charge on any atom is 0.416 e. The SMILES string of the molecule is COCCn1c(-c2ccc(C(F)(F)F)cc2)cc2cc([N+](=O)[O-])ccc21. The van der Waals surface area contributed by atoms with Gasteiger partial charge in [0, 0.05) is 42.4 Å². The third-order valence-electron chi connectivity index (χ3n) is 4.12. The number of aromatic nitrogens is 1. The van der Waals surface area contributed by atoms with Crippen LogP contribution >= 0.6 is 0 Å². The zero-order valence-corrected chi connectivity index (χ0v) is 13.8. The third kappa shape index (κ3) is 3.41. The van der Waals surface area contributed by atoms with Gasteiger partial charge in [0.2, 0.25) is 0 Å². The molecule has 2 aromatic carbocycles. The molecule has 3 aromatic rings. The number of ether oxygens (including phenoxy) is 1. The monoisotopic (exact) mass is 364 g/mol. The van der Waals surface area contributed by atoms with E-state index in [9.17, 15) is 23.3 Å². The molecule has 0 bridgehead atoms. The second kappa shape index (κ2) is 6.80. The summed E-state index contributed by atoms with van der Waals surface area (Å²) in [5.74, 6) is 0. The molecule has 0 spiro atoms. The second-order valence-corrected chi connectivity index (χ2v) is 5.75. The quantitative estimate of drug-likeness (QED) is 0.479. The van der Waals surface area contributed by atoms with Gasteiger partial charge in [0.05, 0.1) is 17.1 Å². The Kier molecular flexibility index (Phi) is 4.69. The number of hydrogen-bond acceptors (Lipinski definition) is 3. The van der Waals surface area contributed by atoms with Crippen molar-refractivity contribution in [1.82, 2.24) is 4.57 Å². The number of non-ortho nitro benzene ring substituents is 1. The number of nitro benzene ring substituents is 1. The van der Waals surface area contributed by atoms with Crippen LogP contribution in [-0.2, 0) is 17.5 Å². The van der Waals surface area contributed by atoms with Crippen molar-refractivity contribution >= 4 is 16.6 Å². The molecule has 0 saturated heterocycles. The predicted molar refractivity (Wildman–Crippen MR) is 90.9 cm³/mol. The van der Waals surface area contributed by atoms with E-state index < -0.39 is 16.7 Å². The van der Waals surface area contributed by atoms with Crippen molar-refractivity contribution in [3.8, 4) is 11.3 Å². The molecular formula is C18H15F3N2O3. The second-order valence-electron chi connectivity index (χ2n) is 5.75. The van der Waals surface area contributed by atoms with Crippen LogP contribution in [-0.4, -0.2) is 23.2 Å². The standard InChI is InChI=1S/C18H15F3N2O3/c1-26-9-8-22-16-7-6-15(23(24)25)10-13(16)11-17(22)12-2-4-14(5-3-12)18(19,20)21/h2-7,10-11H,8-9H2,1H3. The average molecular weight is 364 g/mol. The molecule has 1 aromatic heterocycles. The molecule has 0 unspecified atom stereocenters. The Balaban J connectivity index is 2.12. The molecule has 0 N–H and O–H groups in total. The first-order valence-electron chi connectivity index (χ1n) is 7.75. The van der Waals surface area contributed by atoms with Crippen LogP contribution in [0.25, 0.3) is 22.2 Å². The molecule has 5 nitrogen and oxygen atoms in total. The summed E-state index contributed by atoms with van der Waals surface area (Å²) >= 11 is 0. The van der Waals surface area contributed by atoms with Gasteiger partial charge in [-0.25, -0.2) is 0 Å². The van der Waals surface area contributed by atoms with Gasteiger partial charge in [-0.15, -0.1) is 0 Å². The first-order chi connectivity index (χ1) is 12.3. The van der Waals surface area contributed by atoms with Gasteiger partial charge in [-0.05, 0) is 29.8 Å². The fourth-order valence-corrected chi connectivity index (χ4v) is 2.86. The van der Waals surface area contributed by atoms with Crippen LogP contribution in [0.4, 0.5) is 18.9 Å². The van der Waals surface area contributed by atoms with Crippen molar-refractivity contribution in [3.63, 3.8) is 0 Å². The summed E-state index contributed by atoms with van der Waals surface area (Å²) in [6.45, 7) is 0.864. The molecule has 136 valence electrons. The van der Waals surface area contributed by atoms with Gasteiger partial charge in [-0.3, -0.25) is 10.1 Å². The minimum atomic E-state index is -4.40. The van der Waals surface area contributed by atoms with Crippen LogP contribution in [0.3, 0.4) is 0 Å². The van der Waals surface area contributed by atoms with Gasteiger partial charge in [-0.1, -0.05) is 12.1 Å². The lowest BCUT2D eigenvalue weighted by Crippen LogP contribution is -2.06. The zero-order valence-electron chi connectivity index (χ0n) is 13.8. The lowest BCUT2D eigenvalue weighted by molar-refractivity contribution is -0.384. The average Bonchev–Trinajstić information content (AvgIpc) is 2.97. The van der Waals surface area contributed by atoms with Gasteiger partial charge in [0.15, 0.2) is 0 Å². The number of nitro groups is 1. The Hall–Kier alpha value is -2.87. The summed E-state index contributed by atoms with van der Waals surface area (Å²) in [5, 5.41) is 11.6. The van der Waals surface area contributed by atoms with Crippen LogP contribution in [0, 0.1) is 10.1 Å².